The molecule has 1 aromatic carbocycles. The summed E-state index contributed by atoms with van der Waals surface area (Å²) in [6, 6.07) is 6.76. The summed E-state index contributed by atoms with van der Waals surface area (Å²) >= 11 is 4.83. The van der Waals surface area contributed by atoms with E-state index in [2.05, 4.69) is 19.9 Å². The van der Waals surface area contributed by atoms with Gasteiger partial charge in [-0.05, 0) is 5.56 Å². The van der Waals surface area contributed by atoms with Gasteiger partial charge in [-0.25, -0.2) is 18.1 Å². The van der Waals surface area contributed by atoms with Crippen LogP contribution in [-0.4, -0.2) is 28.6 Å². The number of nitrogens with one attached hydrogen (secondary N) is 2. The normalized spacial score (nSPS) is 11.4. The molecule has 106 valence electrons. The molecular formula is C11H13N5O2S2. The fourth-order valence-electron chi connectivity index (χ4n) is 1.53. The van der Waals surface area contributed by atoms with E-state index in [1.165, 1.54) is 6.33 Å². The Morgan fingerprint density at radius 2 is 2.05 bits per heavy atom. The highest BCUT2D eigenvalue weighted by molar-refractivity contribution is 7.88. The van der Waals surface area contributed by atoms with E-state index in [4.69, 9.17) is 18.0 Å². The summed E-state index contributed by atoms with van der Waals surface area (Å²) in [5.41, 5.74) is 6.83. The number of hydrogen-bond acceptors (Lipinski definition) is 5. The van der Waals surface area contributed by atoms with E-state index in [9.17, 15) is 8.42 Å². The quantitative estimate of drug-likeness (QED) is 0.650. The number of sulfonamides is 1. The molecule has 7 nitrogen and oxygen atoms in total. The van der Waals surface area contributed by atoms with Crippen LogP contribution in [0, 0.1) is 0 Å². The highest BCUT2D eigenvalue weighted by Crippen LogP contribution is 2.08. The van der Waals surface area contributed by atoms with E-state index in [-0.39, 0.29) is 17.3 Å². The first kappa shape index (κ1) is 14.6. The molecular weight excluding hydrogens is 298 g/mol. The molecule has 2 rings (SSSR count). The zero-order valence-electron chi connectivity index (χ0n) is 10.4. The van der Waals surface area contributed by atoms with Crippen LogP contribution in [0.4, 0.5) is 0 Å². The molecule has 0 aliphatic carbocycles. The van der Waals surface area contributed by atoms with Crippen molar-refractivity contribution < 1.29 is 8.42 Å². The number of nitrogens with two attached hydrogens (primary N) is 1. The van der Waals surface area contributed by atoms with Crippen molar-refractivity contribution in [2.45, 2.75) is 12.3 Å². The summed E-state index contributed by atoms with van der Waals surface area (Å²) in [5, 5.41) is 6.22. The number of aromatic nitrogens is 3. The lowest BCUT2D eigenvalue weighted by Crippen LogP contribution is -2.25. The molecule has 0 atom stereocenters. The van der Waals surface area contributed by atoms with Crippen LogP contribution >= 0.6 is 12.2 Å². The van der Waals surface area contributed by atoms with Crippen molar-refractivity contribution >= 4 is 27.2 Å². The molecule has 0 fully saturated rings. The first-order valence-electron chi connectivity index (χ1n) is 5.66. The third-order valence-electron chi connectivity index (χ3n) is 2.52. The van der Waals surface area contributed by atoms with Crippen molar-refractivity contribution in [2.24, 2.45) is 5.73 Å². The first-order valence-corrected chi connectivity index (χ1v) is 7.73. The summed E-state index contributed by atoms with van der Waals surface area (Å²) in [6.07, 6.45) is 1.32. The lowest BCUT2D eigenvalue weighted by atomic mass is 10.1. The van der Waals surface area contributed by atoms with Gasteiger partial charge in [-0.15, -0.1) is 0 Å². The summed E-state index contributed by atoms with van der Waals surface area (Å²) in [7, 11) is -3.45. The molecule has 9 heteroatoms. The fraction of sp³-hybridized carbons (Fsp3) is 0.182. The zero-order valence-corrected chi connectivity index (χ0v) is 12.0. The van der Waals surface area contributed by atoms with Crippen LogP contribution in [-0.2, 0) is 22.3 Å². The Balaban J connectivity index is 1.98. The number of H-pyrrole nitrogens is 1. The highest BCUT2D eigenvalue weighted by atomic mass is 32.2. The SMILES string of the molecule is NC(=S)c1ccc(CS(=O)(=O)NCc2ncn[nH]2)cc1. The Bertz CT molecular complexity index is 680. The average molecular weight is 311 g/mol. The molecule has 2 aromatic rings. The number of benzene rings is 1. The van der Waals surface area contributed by atoms with Crippen molar-refractivity contribution in [3.8, 4) is 0 Å². The molecule has 4 N–H and O–H groups in total. The number of nitrogens with zero attached hydrogens (tertiary/aromatic N) is 2. The number of rotatable bonds is 6. The first-order chi connectivity index (χ1) is 9.46. The van der Waals surface area contributed by atoms with Gasteiger partial charge in [0.05, 0.1) is 12.3 Å². The van der Waals surface area contributed by atoms with Crippen LogP contribution in [0.3, 0.4) is 0 Å². The van der Waals surface area contributed by atoms with E-state index in [1.54, 1.807) is 24.3 Å². The Labute approximate surface area is 121 Å². The topological polar surface area (TPSA) is 114 Å². The second-order valence-corrected chi connectivity index (χ2v) is 6.32. The monoisotopic (exact) mass is 311 g/mol. The van der Waals surface area contributed by atoms with E-state index >= 15 is 0 Å². The summed E-state index contributed by atoms with van der Waals surface area (Å²) < 4.78 is 26.2. The van der Waals surface area contributed by atoms with Gasteiger partial charge in [0, 0.05) is 5.56 Å². The molecule has 0 bridgehead atoms. The van der Waals surface area contributed by atoms with Gasteiger partial charge in [0.25, 0.3) is 0 Å². The molecule has 1 heterocycles. The van der Waals surface area contributed by atoms with Crippen LogP contribution in [0.25, 0.3) is 0 Å². The van der Waals surface area contributed by atoms with Crippen LogP contribution in [0.15, 0.2) is 30.6 Å². The minimum Gasteiger partial charge on any atom is -0.389 e. The fourth-order valence-corrected chi connectivity index (χ4v) is 2.76. The van der Waals surface area contributed by atoms with Crippen LogP contribution in [0.1, 0.15) is 17.0 Å². The molecule has 20 heavy (non-hydrogen) atoms. The van der Waals surface area contributed by atoms with E-state index in [0.717, 1.165) is 0 Å². The maximum atomic E-state index is 11.9. The van der Waals surface area contributed by atoms with Gasteiger partial charge in [-0.3, -0.25) is 5.10 Å². The second-order valence-electron chi connectivity index (χ2n) is 4.07. The molecule has 0 saturated heterocycles. The molecule has 0 spiro atoms. The maximum absolute atomic E-state index is 11.9. The number of aromatic amines is 1. The largest absolute Gasteiger partial charge is 0.389 e. The molecule has 0 aliphatic heterocycles. The summed E-state index contributed by atoms with van der Waals surface area (Å²) in [5.74, 6) is 0.330. The standard InChI is InChI=1S/C11H13N5O2S2/c12-11(19)9-3-1-8(2-4-9)6-20(17,18)15-5-10-13-7-14-16-10/h1-4,7,15H,5-6H2,(H2,12,19)(H,13,14,16). The Morgan fingerprint density at radius 3 is 2.60 bits per heavy atom. The third-order valence-corrected chi connectivity index (χ3v) is 4.05. The molecule has 1 aromatic heterocycles. The van der Waals surface area contributed by atoms with Gasteiger partial charge >= 0.3 is 0 Å². The van der Waals surface area contributed by atoms with E-state index in [0.29, 0.717) is 17.0 Å². The van der Waals surface area contributed by atoms with Crippen molar-refractivity contribution in [1.29, 1.82) is 0 Å². The average Bonchev–Trinajstić information content (AvgIpc) is 2.90. The van der Waals surface area contributed by atoms with Gasteiger partial charge in [-0.2, -0.15) is 5.10 Å². The van der Waals surface area contributed by atoms with Crippen molar-refractivity contribution in [3.05, 3.63) is 47.5 Å². The Hall–Kier alpha value is -1.84. The van der Waals surface area contributed by atoms with Crippen LogP contribution in [0.5, 0.6) is 0 Å². The summed E-state index contributed by atoms with van der Waals surface area (Å²) in [6.45, 7) is 0.0767. The van der Waals surface area contributed by atoms with Crippen LogP contribution < -0.4 is 10.5 Å². The summed E-state index contributed by atoms with van der Waals surface area (Å²) in [4.78, 5) is 4.12. The lowest BCUT2D eigenvalue weighted by Gasteiger charge is -2.06. The van der Waals surface area contributed by atoms with Gasteiger partial charge in [0.1, 0.15) is 17.1 Å². The molecule has 0 saturated carbocycles. The minimum atomic E-state index is -3.45. The van der Waals surface area contributed by atoms with Gasteiger partial charge < -0.3 is 5.73 Å². The minimum absolute atomic E-state index is 0.0767. The number of hydrogen-bond donors (Lipinski definition) is 3. The van der Waals surface area contributed by atoms with Gasteiger partial charge in [0.15, 0.2) is 0 Å². The van der Waals surface area contributed by atoms with Crippen LogP contribution in [0.2, 0.25) is 0 Å². The molecule has 0 amide bonds. The maximum Gasteiger partial charge on any atom is 0.216 e. The van der Waals surface area contributed by atoms with Crippen molar-refractivity contribution in [2.75, 3.05) is 0 Å². The Kier molecular flexibility index (Phi) is 4.42. The van der Waals surface area contributed by atoms with E-state index in [1.807, 2.05) is 0 Å². The second kappa shape index (κ2) is 6.07. The predicted octanol–water partition coefficient (Wildman–Crippen LogP) is 0.0585. The third kappa shape index (κ3) is 4.08. The number of thiocarbonyl (C=S) groups is 1. The van der Waals surface area contributed by atoms with Crippen molar-refractivity contribution in [1.82, 2.24) is 19.9 Å². The van der Waals surface area contributed by atoms with Gasteiger partial charge in [0.2, 0.25) is 10.0 Å². The highest BCUT2D eigenvalue weighted by Gasteiger charge is 2.12. The molecule has 0 unspecified atom stereocenters. The lowest BCUT2D eigenvalue weighted by molar-refractivity contribution is 0.578. The van der Waals surface area contributed by atoms with E-state index < -0.39 is 10.0 Å². The van der Waals surface area contributed by atoms with Gasteiger partial charge in [-0.1, -0.05) is 36.5 Å². The molecule has 0 aliphatic rings. The predicted molar refractivity (Wildman–Crippen MR) is 78.2 cm³/mol. The zero-order chi connectivity index (χ0) is 14.6. The Morgan fingerprint density at radius 1 is 1.35 bits per heavy atom. The van der Waals surface area contributed by atoms with Crippen molar-refractivity contribution in [3.63, 3.8) is 0 Å². The molecule has 0 radical (unpaired) electrons. The smallest absolute Gasteiger partial charge is 0.216 e.